The fraction of sp³-hybridized carbons (Fsp3) is 0.481. The topological polar surface area (TPSA) is 87.2 Å². The molecule has 0 radical (unpaired) electrons. The molecule has 208 valence electrons. The van der Waals surface area contributed by atoms with Crippen molar-refractivity contribution in [3.63, 3.8) is 0 Å². The maximum Gasteiger partial charge on any atom is 0.255 e. The molecule has 2 aromatic rings. The first-order valence-corrected chi connectivity index (χ1v) is 15.1. The maximum absolute atomic E-state index is 13.7. The van der Waals surface area contributed by atoms with Gasteiger partial charge in [-0.2, -0.15) is 4.31 Å². The number of amides is 2. The van der Waals surface area contributed by atoms with Crippen molar-refractivity contribution in [2.45, 2.75) is 38.8 Å². The molecule has 0 aromatic heterocycles. The van der Waals surface area contributed by atoms with Gasteiger partial charge in [0, 0.05) is 44.4 Å². The largest absolute Gasteiger partial charge is 0.383 e. The number of likely N-dealkylation sites (tertiary alicyclic amines) is 1. The van der Waals surface area contributed by atoms with Crippen molar-refractivity contribution >= 4 is 45.0 Å². The summed E-state index contributed by atoms with van der Waals surface area (Å²) in [6.07, 6.45) is 1.58. The quantitative estimate of drug-likeness (QED) is 0.371. The molecule has 0 bridgehead atoms. The highest BCUT2D eigenvalue weighted by Crippen LogP contribution is 2.24. The second-order valence-corrected chi connectivity index (χ2v) is 12.2. The summed E-state index contributed by atoms with van der Waals surface area (Å²) >= 11 is 12.3. The summed E-state index contributed by atoms with van der Waals surface area (Å²) in [7, 11) is -2.12. The Morgan fingerprint density at radius 1 is 1.05 bits per heavy atom. The molecule has 1 heterocycles. The van der Waals surface area contributed by atoms with Crippen LogP contribution < -0.4 is 0 Å². The molecule has 2 amide bonds. The molecule has 1 fully saturated rings. The maximum atomic E-state index is 13.7. The van der Waals surface area contributed by atoms with Gasteiger partial charge in [0.25, 0.3) is 5.91 Å². The summed E-state index contributed by atoms with van der Waals surface area (Å²) in [6, 6.07) is 14.0. The van der Waals surface area contributed by atoms with Crippen LogP contribution in [0.25, 0.3) is 0 Å². The van der Waals surface area contributed by atoms with Gasteiger partial charge in [-0.15, -0.1) is 0 Å². The molecule has 0 saturated carbocycles. The van der Waals surface area contributed by atoms with Gasteiger partial charge in [-0.25, -0.2) is 8.42 Å². The Bertz CT molecular complexity index is 1190. The molecule has 0 N–H and O–H groups in total. The van der Waals surface area contributed by atoms with E-state index in [9.17, 15) is 18.0 Å². The Morgan fingerprint density at radius 2 is 1.71 bits per heavy atom. The van der Waals surface area contributed by atoms with Crippen LogP contribution in [-0.2, 0) is 26.1 Å². The van der Waals surface area contributed by atoms with Gasteiger partial charge in [-0.3, -0.25) is 9.59 Å². The van der Waals surface area contributed by atoms with Crippen molar-refractivity contribution in [2.75, 3.05) is 45.6 Å². The van der Waals surface area contributed by atoms with E-state index in [2.05, 4.69) is 0 Å². The highest BCUT2D eigenvalue weighted by atomic mass is 35.5. The Morgan fingerprint density at radius 3 is 2.32 bits per heavy atom. The molecule has 0 atom stereocenters. The third-order valence-corrected chi connectivity index (χ3v) is 9.20. The standard InChI is InChI=1S/C27H35Cl2N3O5S/c1-3-18-38(35,36)31(16-17-37-2)20-26(33)32(19-21-8-10-22(28)11-9-21)23-12-14-30(15-13-23)27(34)24-6-4-5-7-25(24)29/h4-11,23H,3,12-20H2,1-2H3. The van der Waals surface area contributed by atoms with Gasteiger partial charge >= 0.3 is 0 Å². The number of sulfonamides is 1. The lowest BCUT2D eigenvalue weighted by atomic mass is 10.0. The van der Waals surface area contributed by atoms with Gasteiger partial charge in [-0.1, -0.05) is 54.4 Å². The molecule has 0 aliphatic carbocycles. The van der Waals surface area contributed by atoms with Crippen LogP contribution in [0.15, 0.2) is 48.5 Å². The first kappa shape index (κ1) is 30.4. The number of halogens is 2. The zero-order chi connectivity index (χ0) is 27.7. The molecule has 1 saturated heterocycles. The molecule has 11 heteroatoms. The fourth-order valence-corrected chi connectivity index (χ4v) is 6.31. The van der Waals surface area contributed by atoms with E-state index in [0.29, 0.717) is 54.5 Å². The molecule has 8 nitrogen and oxygen atoms in total. The van der Waals surface area contributed by atoms with Crippen molar-refractivity contribution in [2.24, 2.45) is 0 Å². The number of carbonyl (C=O) groups excluding carboxylic acids is 2. The third kappa shape index (κ3) is 8.16. The number of rotatable bonds is 12. The molecule has 0 unspecified atom stereocenters. The lowest BCUT2D eigenvalue weighted by molar-refractivity contribution is -0.135. The van der Waals surface area contributed by atoms with E-state index in [1.165, 1.54) is 11.4 Å². The van der Waals surface area contributed by atoms with E-state index in [1.54, 1.807) is 53.1 Å². The second kappa shape index (κ2) is 14.3. The minimum Gasteiger partial charge on any atom is -0.383 e. The van der Waals surface area contributed by atoms with Gasteiger partial charge in [0.2, 0.25) is 15.9 Å². The summed E-state index contributed by atoms with van der Waals surface area (Å²) in [4.78, 5) is 30.2. The summed E-state index contributed by atoms with van der Waals surface area (Å²) in [5.41, 5.74) is 1.34. The van der Waals surface area contributed by atoms with Crippen molar-refractivity contribution < 1.29 is 22.7 Å². The number of hydrogen-bond acceptors (Lipinski definition) is 5. The van der Waals surface area contributed by atoms with Gasteiger partial charge in [0.1, 0.15) is 0 Å². The summed E-state index contributed by atoms with van der Waals surface area (Å²) in [5.74, 6) is -0.461. The monoisotopic (exact) mass is 583 g/mol. The highest BCUT2D eigenvalue weighted by Gasteiger charge is 2.33. The SMILES string of the molecule is CCCS(=O)(=O)N(CCOC)CC(=O)N(Cc1ccc(Cl)cc1)C1CCN(C(=O)c2ccccc2Cl)CC1. The number of methoxy groups -OCH3 is 1. The first-order chi connectivity index (χ1) is 18.2. The van der Waals surface area contributed by atoms with Gasteiger partial charge in [0.15, 0.2) is 0 Å². The van der Waals surface area contributed by atoms with E-state index < -0.39 is 10.0 Å². The van der Waals surface area contributed by atoms with Crippen molar-refractivity contribution in [3.05, 3.63) is 69.7 Å². The van der Waals surface area contributed by atoms with Crippen LogP contribution in [0.5, 0.6) is 0 Å². The van der Waals surface area contributed by atoms with Gasteiger partial charge < -0.3 is 14.5 Å². The van der Waals surface area contributed by atoms with Crippen LogP contribution >= 0.6 is 23.2 Å². The van der Waals surface area contributed by atoms with Crippen molar-refractivity contribution in [3.8, 4) is 0 Å². The van der Waals surface area contributed by atoms with Crippen LogP contribution in [0, 0.1) is 0 Å². The molecule has 2 aromatic carbocycles. The Balaban J connectivity index is 1.78. The average Bonchev–Trinajstić information content (AvgIpc) is 2.90. The molecule has 38 heavy (non-hydrogen) atoms. The molecule has 1 aliphatic rings. The zero-order valence-corrected chi connectivity index (χ0v) is 24.1. The Labute approximate surface area is 235 Å². The van der Waals surface area contributed by atoms with Crippen molar-refractivity contribution in [1.29, 1.82) is 0 Å². The first-order valence-electron chi connectivity index (χ1n) is 12.7. The molecule has 3 rings (SSSR count). The minimum atomic E-state index is -3.61. The summed E-state index contributed by atoms with van der Waals surface area (Å²) < 4.78 is 32.1. The summed E-state index contributed by atoms with van der Waals surface area (Å²) in [6.45, 7) is 3.04. The average molecular weight is 585 g/mol. The number of piperidine rings is 1. The minimum absolute atomic E-state index is 0.0380. The number of carbonyl (C=O) groups is 2. The lowest BCUT2D eigenvalue weighted by Crippen LogP contribution is -2.51. The van der Waals surface area contributed by atoms with Crippen LogP contribution in [0.1, 0.15) is 42.1 Å². The molecular formula is C27H35Cl2N3O5S. The normalized spacial score (nSPS) is 14.6. The van der Waals surface area contributed by atoms with Crippen LogP contribution in [0.3, 0.4) is 0 Å². The van der Waals surface area contributed by atoms with Crippen LogP contribution in [-0.4, -0.2) is 86.0 Å². The molecular weight excluding hydrogens is 549 g/mol. The Hall–Kier alpha value is -2.17. The zero-order valence-electron chi connectivity index (χ0n) is 21.8. The Kier molecular flexibility index (Phi) is 11.4. The van der Waals surface area contributed by atoms with E-state index in [0.717, 1.165) is 5.56 Å². The van der Waals surface area contributed by atoms with E-state index in [4.69, 9.17) is 27.9 Å². The predicted octanol–water partition coefficient (Wildman–Crippen LogP) is 4.32. The highest BCUT2D eigenvalue weighted by molar-refractivity contribution is 7.89. The van der Waals surface area contributed by atoms with E-state index >= 15 is 0 Å². The van der Waals surface area contributed by atoms with Gasteiger partial charge in [0.05, 0.1) is 29.5 Å². The van der Waals surface area contributed by atoms with Crippen LogP contribution in [0.4, 0.5) is 0 Å². The lowest BCUT2D eigenvalue weighted by Gasteiger charge is -2.39. The summed E-state index contributed by atoms with van der Waals surface area (Å²) in [5, 5.41) is 0.998. The number of nitrogens with zero attached hydrogens (tertiary/aromatic N) is 3. The molecule has 0 spiro atoms. The third-order valence-electron chi connectivity index (χ3n) is 6.60. The predicted molar refractivity (Wildman–Crippen MR) is 150 cm³/mol. The van der Waals surface area contributed by atoms with E-state index in [-0.39, 0.29) is 43.3 Å². The second-order valence-electron chi connectivity index (χ2n) is 9.29. The fourth-order valence-electron chi connectivity index (χ4n) is 4.53. The number of ether oxygens (including phenoxy) is 1. The van der Waals surface area contributed by atoms with E-state index in [1.807, 2.05) is 12.1 Å². The smallest absolute Gasteiger partial charge is 0.255 e. The van der Waals surface area contributed by atoms with Gasteiger partial charge in [-0.05, 0) is 49.1 Å². The van der Waals surface area contributed by atoms with Crippen LogP contribution in [0.2, 0.25) is 10.0 Å². The molecule has 1 aliphatic heterocycles. The number of benzene rings is 2. The number of hydrogen-bond donors (Lipinski definition) is 0. The van der Waals surface area contributed by atoms with Crippen molar-refractivity contribution in [1.82, 2.24) is 14.1 Å².